The largest absolute Gasteiger partial charge is 0.342 e. The minimum atomic E-state index is 0.711. The molecule has 0 aliphatic carbocycles. The smallest absolute Gasteiger partial charge is 0.0413 e. The lowest BCUT2D eigenvalue weighted by Gasteiger charge is -1.84. The van der Waals surface area contributed by atoms with Gasteiger partial charge >= 0.3 is 0 Å². The molecule has 0 aromatic carbocycles. The van der Waals surface area contributed by atoms with Crippen LogP contribution in [0, 0.1) is 12.5 Å². The van der Waals surface area contributed by atoms with Crippen molar-refractivity contribution < 1.29 is 0 Å². The summed E-state index contributed by atoms with van der Waals surface area (Å²) in [6.07, 6.45) is 10.3. The zero-order valence-electron chi connectivity index (χ0n) is 4.72. The first-order valence-corrected chi connectivity index (χ1v) is 2.38. The maximum absolute atomic E-state index is 4.89. The molecule has 0 rings (SSSR count). The Morgan fingerprint density at radius 1 is 1.75 bits per heavy atom. The highest BCUT2D eigenvalue weighted by Gasteiger charge is 1.65. The molecule has 0 aliphatic heterocycles. The van der Waals surface area contributed by atoms with Crippen molar-refractivity contribution in [2.24, 2.45) is 0 Å². The summed E-state index contributed by atoms with van der Waals surface area (Å²) >= 11 is 0. The van der Waals surface area contributed by atoms with E-state index < -0.39 is 0 Å². The van der Waals surface area contributed by atoms with E-state index in [1.807, 2.05) is 12.2 Å². The van der Waals surface area contributed by atoms with Crippen molar-refractivity contribution in [1.82, 2.24) is 5.32 Å². The molecule has 42 valence electrons. The highest BCUT2D eigenvalue weighted by atomic mass is 14.8. The minimum absolute atomic E-state index is 0.711. The van der Waals surface area contributed by atoms with Crippen LogP contribution in [0.3, 0.4) is 0 Å². The van der Waals surface area contributed by atoms with Crippen LogP contribution in [-0.4, -0.2) is 6.54 Å². The first-order valence-electron chi connectivity index (χ1n) is 2.38. The van der Waals surface area contributed by atoms with Gasteiger partial charge in [-0.2, -0.15) is 0 Å². The summed E-state index contributed by atoms with van der Waals surface area (Å²) in [4.78, 5) is 0. The highest BCUT2D eigenvalue weighted by Crippen LogP contribution is 1.68. The number of terminal acetylenes is 1. The van der Waals surface area contributed by atoms with Crippen LogP contribution >= 0.6 is 0 Å². The van der Waals surface area contributed by atoms with E-state index in [0.717, 1.165) is 0 Å². The molecule has 0 radical (unpaired) electrons. The lowest BCUT2D eigenvalue weighted by molar-refractivity contribution is 1.03. The van der Waals surface area contributed by atoms with E-state index >= 15 is 0 Å². The van der Waals surface area contributed by atoms with E-state index in [1.54, 1.807) is 6.08 Å². The van der Waals surface area contributed by atoms with Crippen LogP contribution in [0.1, 0.15) is 0 Å². The molecule has 0 aromatic rings. The molecule has 0 aromatic heterocycles. The van der Waals surface area contributed by atoms with Gasteiger partial charge in [0.2, 0.25) is 0 Å². The quantitative estimate of drug-likeness (QED) is 0.244. The van der Waals surface area contributed by atoms with Gasteiger partial charge in [-0.3, -0.25) is 0 Å². The topological polar surface area (TPSA) is 12.0 Å². The van der Waals surface area contributed by atoms with Gasteiger partial charge in [-0.1, -0.05) is 31.2 Å². The van der Waals surface area contributed by atoms with Crippen molar-refractivity contribution in [2.45, 2.75) is 0 Å². The first-order chi connectivity index (χ1) is 3.91. The second-order valence-electron chi connectivity index (χ2n) is 1.19. The fourth-order valence-electron chi connectivity index (χ4n) is 0.282. The zero-order chi connectivity index (χ0) is 6.24. The van der Waals surface area contributed by atoms with Crippen LogP contribution in [0.25, 0.3) is 0 Å². The Bertz CT molecular complexity index is 117. The third-order valence-electron chi connectivity index (χ3n) is 0.594. The molecule has 0 amide bonds. The summed E-state index contributed by atoms with van der Waals surface area (Å²) in [5.74, 6) is 0. The molecule has 0 atom stereocenters. The van der Waals surface area contributed by atoms with Crippen LogP contribution < -0.4 is 5.32 Å². The summed E-state index contributed by atoms with van der Waals surface area (Å²) in [7, 11) is 0. The Balaban J connectivity index is 3.06. The average Bonchev–Trinajstić information content (AvgIpc) is 1.81. The van der Waals surface area contributed by atoms with Crippen molar-refractivity contribution in [3.05, 3.63) is 24.8 Å². The molecule has 1 N–H and O–H groups in total. The van der Waals surface area contributed by atoms with Gasteiger partial charge in [-0.05, 0) is 0 Å². The molecule has 0 saturated heterocycles. The molecule has 1 nitrogen and oxygen atoms in total. The van der Waals surface area contributed by atoms with Crippen LogP contribution in [0.2, 0.25) is 0 Å². The number of nitrogens with one attached hydrogen (secondary N) is 1. The monoisotopic (exact) mass is 107 g/mol. The van der Waals surface area contributed by atoms with Gasteiger partial charge in [0.15, 0.2) is 0 Å². The normalized spacial score (nSPS) is 8.38. The summed E-state index contributed by atoms with van der Waals surface area (Å²) in [5, 5.41) is 2.68. The Hall–Kier alpha value is -1.16. The number of hydrogen-bond donors (Lipinski definition) is 1. The lowest BCUT2D eigenvalue weighted by Crippen LogP contribution is -2.02. The molecule has 0 bridgehead atoms. The van der Waals surface area contributed by atoms with Crippen molar-refractivity contribution in [3.8, 4) is 12.5 Å². The maximum Gasteiger partial charge on any atom is 0.0413 e. The standard InChI is InChI=1S/C7H9N/c1-3-5-6-7-8-4-2/h2-3,5-6,8H,1,7H2/b6-5-. The van der Waals surface area contributed by atoms with Crippen molar-refractivity contribution in [3.63, 3.8) is 0 Å². The Morgan fingerprint density at radius 3 is 3.00 bits per heavy atom. The average molecular weight is 107 g/mol. The highest BCUT2D eigenvalue weighted by molar-refractivity contribution is 4.99. The third kappa shape index (κ3) is 4.84. The molecule has 0 aliphatic rings. The number of rotatable bonds is 3. The third-order valence-corrected chi connectivity index (χ3v) is 0.594. The van der Waals surface area contributed by atoms with Gasteiger partial charge in [0, 0.05) is 12.6 Å². The van der Waals surface area contributed by atoms with Crippen LogP contribution in [-0.2, 0) is 0 Å². The SMILES string of the molecule is C#CNC/C=C\C=C. The van der Waals surface area contributed by atoms with Gasteiger partial charge in [0.1, 0.15) is 0 Å². The molecule has 0 fully saturated rings. The number of allylic oxidation sites excluding steroid dienone is 2. The fourth-order valence-corrected chi connectivity index (χ4v) is 0.282. The van der Waals surface area contributed by atoms with Crippen LogP contribution in [0.5, 0.6) is 0 Å². The van der Waals surface area contributed by atoms with E-state index in [4.69, 9.17) is 6.42 Å². The Kier molecular flexibility index (Phi) is 4.99. The van der Waals surface area contributed by atoms with Gasteiger partial charge in [0.05, 0.1) is 0 Å². The van der Waals surface area contributed by atoms with Gasteiger partial charge < -0.3 is 5.32 Å². The van der Waals surface area contributed by atoms with E-state index in [2.05, 4.69) is 17.9 Å². The van der Waals surface area contributed by atoms with E-state index in [9.17, 15) is 0 Å². The minimum Gasteiger partial charge on any atom is -0.342 e. The van der Waals surface area contributed by atoms with E-state index in [1.165, 1.54) is 0 Å². The van der Waals surface area contributed by atoms with Crippen molar-refractivity contribution >= 4 is 0 Å². The van der Waals surface area contributed by atoms with Crippen LogP contribution in [0.4, 0.5) is 0 Å². The van der Waals surface area contributed by atoms with Crippen LogP contribution in [0.15, 0.2) is 24.8 Å². The first kappa shape index (κ1) is 6.84. The second kappa shape index (κ2) is 5.84. The molecule has 0 spiro atoms. The Labute approximate surface area is 50.1 Å². The summed E-state index contributed by atoms with van der Waals surface area (Å²) in [6.45, 7) is 4.20. The molecular formula is C7H9N. The second-order valence-corrected chi connectivity index (χ2v) is 1.19. The van der Waals surface area contributed by atoms with Gasteiger partial charge in [-0.15, -0.1) is 0 Å². The summed E-state index contributed by atoms with van der Waals surface area (Å²) in [6, 6.07) is 2.29. The zero-order valence-corrected chi connectivity index (χ0v) is 4.72. The molecule has 0 unspecified atom stereocenters. The molecular weight excluding hydrogens is 98.1 g/mol. The van der Waals surface area contributed by atoms with E-state index in [-0.39, 0.29) is 0 Å². The Morgan fingerprint density at radius 2 is 2.50 bits per heavy atom. The maximum atomic E-state index is 4.89. The molecule has 0 heterocycles. The predicted octanol–water partition coefficient (Wildman–Crippen LogP) is 0.909. The van der Waals surface area contributed by atoms with Crippen molar-refractivity contribution in [2.75, 3.05) is 6.54 Å². The van der Waals surface area contributed by atoms with Crippen molar-refractivity contribution in [1.29, 1.82) is 0 Å². The summed E-state index contributed by atoms with van der Waals surface area (Å²) < 4.78 is 0. The summed E-state index contributed by atoms with van der Waals surface area (Å²) in [5.41, 5.74) is 0. The van der Waals surface area contributed by atoms with Gasteiger partial charge in [-0.25, -0.2) is 0 Å². The van der Waals surface area contributed by atoms with Gasteiger partial charge in [0.25, 0.3) is 0 Å². The fraction of sp³-hybridized carbons (Fsp3) is 0.143. The molecule has 8 heavy (non-hydrogen) atoms. The lowest BCUT2D eigenvalue weighted by atomic mass is 10.5. The predicted molar refractivity (Wildman–Crippen MR) is 36.2 cm³/mol. The number of hydrogen-bond acceptors (Lipinski definition) is 1. The molecule has 0 saturated carbocycles. The van der Waals surface area contributed by atoms with E-state index in [0.29, 0.717) is 6.54 Å². The molecule has 1 heteroatoms.